The van der Waals surface area contributed by atoms with Gasteiger partial charge in [0.25, 0.3) is 5.85 Å². The number of alkyl halides is 3. The Kier molecular flexibility index (Phi) is 3.34. The smallest absolute Gasteiger partial charge is 0.406 e. The zero-order valence-corrected chi connectivity index (χ0v) is 9.48. The maximum Gasteiger partial charge on any atom is 0.573 e. The van der Waals surface area contributed by atoms with Crippen molar-refractivity contribution < 1.29 is 23.0 Å². The Morgan fingerprint density at radius 1 is 1.26 bits per heavy atom. The number of rotatable bonds is 3. The lowest BCUT2D eigenvalue weighted by atomic mass is 10.2. The Bertz CT molecular complexity index is 499. The van der Waals surface area contributed by atoms with E-state index in [0.29, 0.717) is 5.69 Å². The second-order valence-corrected chi connectivity index (χ2v) is 3.70. The molecule has 2 rings (SSSR count). The van der Waals surface area contributed by atoms with Gasteiger partial charge >= 0.3 is 6.36 Å². The van der Waals surface area contributed by atoms with Crippen LogP contribution in [0, 0.1) is 0 Å². The van der Waals surface area contributed by atoms with Gasteiger partial charge in [-0.25, -0.2) is 0 Å². The average Bonchev–Trinajstić information content (AvgIpc) is 2.30. The summed E-state index contributed by atoms with van der Waals surface area (Å²) in [6.07, 6.45) is -0.646. The molecular weight excluding hydrogens is 263 g/mol. The van der Waals surface area contributed by atoms with E-state index in [1.807, 2.05) is 0 Å². The van der Waals surface area contributed by atoms with E-state index in [1.54, 1.807) is 0 Å². The van der Waals surface area contributed by atoms with Crippen LogP contribution in [0.3, 0.4) is 0 Å². The summed E-state index contributed by atoms with van der Waals surface area (Å²) in [7, 11) is 0. The molecule has 0 spiro atoms. The van der Waals surface area contributed by atoms with E-state index in [4.69, 9.17) is 0 Å². The molecule has 3 N–H and O–H groups in total. The minimum absolute atomic E-state index is 0.338. The first-order valence-electron chi connectivity index (χ1n) is 5.20. The zero-order valence-electron chi connectivity index (χ0n) is 9.48. The van der Waals surface area contributed by atoms with Crippen LogP contribution in [0.25, 0.3) is 0 Å². The number of hydrogen-bond donors (Lipinski definition) is 3. The van der Waals surface area contributed by atoms with Crippen molar-refractivity contribution in [1.82, 2.24) is 5.32 Å². The molecule has 19 heavy (non-hydrogen) atoms. The topological polar surface area (TPSA) is 65.9 Å². The number of nitrogens with one attached hydrogen (secondary N) is 2. The first-order valence-corrected chi connectivity index (χ1v) is 5.20. The first-order chi connectivity index (χ1) is 8.86. The highest BCUT2D eigenvalue weighted by atomic mass is 19.4. The standard InChI is InChI=1S/C11H10F3N3O2/c12-11(13,14)19-9-3-1-8(2-4-9)17-10(18)7-15-5-6-16-10/h1-7,16-18H. The number of aliphatic hydroxyl groups is 1. The molecule has 0 fully saturated rings. The predicted octanol–water partition coefficient (Wildman–Crippen LogP) is 1.79. The minimum atomic E-state index is -4.73. The van der Waals surface area contributed by atoms with Crippen LogP contribution in [0.15, 0.2) is 41.7 Å². The van der Waals surface area contributed by atoms with Gasteiger partial charge in [0.1, 0.15) is 5.75 Å². The SMILES string of the molecule is OC1(Nc2ccc(OC(F)(F)F)cc2)C=NC=CN1. The van der Waals surface area contributed by atoms with Crippen LogP contribution >= 0.6 is 0 Å². The lowest BCUT2D eigenvalue weighted by molar-refractivity contribution is -0.274. The molecule has 1 heterocycles. The fourth-order valence-corrected chi connectivity index (χ4v) is 1.42. The molecular formula is C11H10F3N3O2. The van der Waals surface area contributed by atoms with Crippen molar-refractivity contribution in [2.75, 3.05) is 5.32 Å². The Labute approximate surface area is 106 Å². The quantitative estimate of drug-likeness (QED) is 0.735. The lowest BCUT2D eigenvalue weighted by Gasteiger charge is -2.27. The van der Waals surface area contributed by atoms with Crippen LogP contribution in [0.5, 0.6) is 5.75 Å². The molecule has 0 aliphatic carbocycles. The van der Waals surface area contributed by atoms with E-state index in [1.165, 1.54) is 30.7 Å². The first kappa shape index (κ1) is 13.2. The van der Waals surface area contributed by atoms with Crippen molar-refractivity contribution in [2.24, 2.45) is 4.99 Å². The lowest BCUT2D eigenvalue weighted by Crippen LogP contribution is -2.52. The second kappa shape index (κ2) is 4.81. The third-order valence-electron chi connectivity index (χ3n) is 2.15. The van der Waals surface area contributed by atoms with E-state index >= 15 is 0 Å². The van der Waals surface area contributed by atoms with Gasteiger partial charge in [-0.05, 0) is 24.3 Å². The van der Waals surface area contributed by atoms with Crippen LogP contribution in [-0.4, -0.2) is 23.5 Å². The minimum Gasteiger partial charge on any atom is -0.406 e. The maximum atomic E-state index is 12.0. The molecule has 0 radical (unpaired) electrons. The Hall–Kier alpha value is -2.22. The molecule has 1 aliphatic rings. The fraction of sp³-hybridized carbons (Fsp3) is 0.182. The maximum absolute atomic E-state index is 12.0. The molecule has 1 aromatic rings. The Morgan fingerprint density at radius 2 is 1.95 bits per heavy atom. The summed E-state index contributed by atoms with van der Waals surface area (Å²) in [5.41, 5.74) is 0.395. The summed E-state index contributed by atoms with van der Waals surface area (Å²) in [5, 5.41) is 15.2. The van der Waals surface area contributed by atoms with Crippen molar-refractivity contribution >= 4 is 11.9 Å². The van der Waals surface area contributed by atoms with Crippen molar-refractivity contribution in [3.8, 4) is 5.75 Å². The molecule has 0 bridgehead atoms. The van der Waals surface area contributed by atoms with E-state index < -0.39 is 12.2 Å². The molecule has 8 heteroatoms. The van der Waals surface area contributed by atoms with Crippen LogP contribution in [0.4, 0.5) is 18.9 Å². The van der Waals surface area contributed by atoms with Gasteiger partial charge in [0, 0.05) is 18.1 Å². The molecule has 1 unspecified atom stereocenters. The molecule has 1 atom stereocenters. The van der Waals surface area contributed by atoms with Crippen LogP contribution in [-0.2, 0) is 0 Å². The molecule has 0 saturated carbocycles. The molecule has 1 aliphatic heterocycles. The van der Waals surface area contributed by atoms with Gasteiger partial charge in [-0.15, -0.1) is 13.2 Å². The zero-order chi connectivity index (χ0) is 13.9. The summed E-state index contributed by atoms with van der Waals surface area (Å²) in [5.74, 6) is -1.92. The Balaban J connectivity index is 2.03. The fourth-order valence-electron chi connectivity index (χ4n) is 1.42. The molecule has 0 aromatic heterocycles. The van der Waals surface area contributed by atoms with Gasteiger partial charge < -0.3 is 20.5 Å². The largest absolute Gasteiger partial charge is 0.573 e. The van der Waals surface area contributed by atoms with Crippen molar-refractivity contribution in [1.29, 1.82) is 0 Å². The molecule has 0 saturated heterocycles. The van der Waals surface area contributed by atoms with Gasteiger partial charge in [-0.3, -0.25) is 4.99 Å². The summed E-state index contributed by atoms with van der Waals surface area (Å²) in [4.78, 5) is 3.74. The summed E-state index contributed by atoms with van der Waals surface area (Å²) < 4.78 is 39.6. The van der Waals surface area contributed by atoms with Gasteiger partial charge in [-0.1, -0.05) is 0 Å². The second-order valence-electron chi connectivity index (χ2n) is 3.70. The van der Waals surface area contributed by atoms with Gasteiger partial charge in [0.15, 0.2) is 0 Å². The predicted molar refractivity (Wildman–Crippen MR) is 62.5 cm³/mol. The highest BCUT2D eigenvalue weighted by Gasteiger charge is 2.31. The highest BCUT2D eigenvalue weighted by molar-refractivity contribution is 5.74. The highest BCUT2D eigenvalue weighted by Crippen LogP contribution is 2.24. The molecule has 0 amide bonds. The average molecular weight is 273 g/mol. The van der Waals surface area contributed by atoms with Crippen molar-refractivity contribution in [2.45, 2.75) is 12.2 Å². The van der Waals surface area contributed by atoms with Crippen LogP contribution in [0.1, 0.15) is 0 Å². The summed E-state index contributed by atoms with van der Waals surface area (Å²) >= 11 is 0. The number of benzene rings is 1. The third kappa shape index (κ3) is 3.88. The Morgan fingerprint density at radius 3 is 2.47 bits per heavy atom. The number of aliphatic imine (C=N–C) groups is 1. The number of nitrogens with zero attached hydrogens (tertiary/aromatic N) is 1. The van der Waals surface area contributed by atoms with E-state index in [-0.39, 0.29) is 5.75 Å². The van der Waals surface area contributed by atoms with Gasteiger partial charge in [-0.2, -0.15) is 0 Å². The molecule has 1 aromatic carbocycles. The van der Waals surface area contributed by atoms with Crippen molar-refractivity contribution in [3.63, 3.8) is 0 Å². The normalized spacial score (nSPS) is 21.9. The van der Waals surface area contributed by atoms with Crippen LogP contribution < -0.4 is 15.4 Å². The summed E-state index contributed by atoms with van der Waals surface area (Å²) in [6, 6.07) is 4.95. The monoisotopic (exact) mass is 273 g/mol. The molecule has 102 valence electrons. The van der Waals surface area contributed by atoms with E-state index in [2.05, 4.69) is 20.4 Å². The number of halogens is 3. The van der Waals surface area contributed by atoms with Crippen LogP contribution in [0.2, 0.25) is 0 Å². The van der Waals surface area contributed by atoms with E-state index in [0.717, 1.165) is 12.1 Å². The van der Waals surface area contributed by atoms with E-state index in [9.17, 15) is 18.3 Å². The number of anilines is 1. The number of hydrogen-bond acceptors (Lipinski definition) is 5. The van der Waals surface area contributed by atoms with Crippen molar-refractivity contribution in [3.05, 3.63) is 36.7 Å². The molecule has 5 nitrogen and oxygen atoms in total. The number of ether oxygens (including phenoxy) is 1. The third-order valence-corrected chi connectivity index (χ3v) is 2.15. The summed E-state index contributed by atoms with van der Waals surface area (Å²) in [6.45, 7) is 0. The van der Waals surface area contributed by atoms with Gasteiger partial charge in [0.05, 0.1) is 6.21 Å². The van der Waals surface area contributed by atoms with Gasteiger partial charge in [0.2, 0.25) is 0 Å².